The fourth-order valence-electron chi connectivity index (χ4n) is 1.51. The quantitative estimate of drug-likeness (QED) is 0.876. The zero-order chi connectivity index (χ0) is 13.8. The number of aromatic nitrogens is 1. The van der Waals surface area contributed by atoms with Gasteiger partial charge in [-0.1, -0.05) is 0 Å². The van der Waals surface area contributed by atoms with Crippen LogP contribution in [0.15, 0.2) is 24.3 Å². The molecule has 0 spiro atoms. The number of benzene rings is 1. The standard InChI is InChI=1S/C13H13FN2O2S/c1-3-18-16-12(17)11-8(2)15-13(19-11)9-4-6-10(14)7-5-9/h4-7H,3H2,1-2H3,(H,16,17). The first-order chi connectivity index (χ1) is 9.11. The van der Waals surface area contributed by atoms with Gasteiger partial charge in [0.15, 0.2) is 0 Å². The van der Waals surface area contributed by atoms with Crippen molar-refractivity contribution in [2.45, 2.75) is 13.8 Å². The summed E-state index contributed by atoms with van der Waals surface area (Å²) in [5.74, 6) is -0.614. The number of carbonyl (C=O) groups excluding carboxylic acids is 1. The van der Waals surface area contributed by atoms with Gasteiger partial charge in [0.2, 0.25) is 0 Å². The summed E-state index contributed by atoms with van der Waals surface area (Å²) in [5.41, 5.74) is 3.74. The number of hydroxylamine groups is 1. The van der Waals surface area contributed by atoms with Crippen molar-refractivity contribution in [2.24, 2.45) is 0 Å². The molecule has 4 nitrogen and oxygen atoms in total. The molecule has 0 aliphatic heterocycles. The van der Waals surface area contributed by atoms with Crippen LogP contribution in [0.4, 0.5) is 4.39 Å². The van der Waals surface area contributed by atoms with Gasteiger partial charge in [0.05, 0.1) is 12.3 Å². The van der Waals surface area contributed by atoms with Crippen molar-refractivity contribution in [3.63, 3.8) is 0 Å². The van der Waals surface area contributed by atoms with Crippen LogP contribution in [0.1, 0.15) is 22.3 Å². The predicted molar refractivity (Wildman–Crippen MR) is 71.3 cm³/mol. The van der Waals surface area contributed by atoms with Crippen LogP contribution in [-0.2, 0) is 4.84 Å². The molecule has 0 radical (unpaired) electrons. The normalized spacial score (nSPS) is 10.5. The summed E-state index contributed by atoms with van der Waals surface area (Å²) in [6.45, 7) is 3.93. The van der Waals surface area contributed by atoms with Crippen LogP contribution in [0.25, 0.3) is 10.6 Å². The topological polar surface area (TPSA) is 51.2 Å². The van der Waals surface area contributed by atoms with Crippen LogP contribution in [-0.4, -0.2) is 17.5 Å². The molecule has 0 bridgehead atoms. The molecule has 0 unspecified atom stereocenters. The molecule has 2 aromatic rings. The summed E-state index contributed by atoms with van der Waals surface area (Å²) < 4.78 is 12.9. The molecule has 0 fully saturated rings. The van der Waals surface area contributed by atoms with Crippen molar-refractivity contribution in [3.8, 4) is 10.6 Å². The molecule has 1 amide bonds. The Morgan fingerprint density at radius 1 is 1.42 bits per heavy atom. The lowest BCUT2D eigenvalue weighted by Crippen LogP contribution is -2.23. The molecule has 2 rings (SSSR count). The predicted octanol–water partition coefficient (Wildman–Crippen LogP) is 2.94. The summed E-state index contributed by atoms with van der Waals surface area (Å²) in [6, 6.07) is 6.01. The van der Waals surface area contributed by atoms with Crippen molar-refractivity contribution in [1.29, 1.82) is 0 Å². The third-order valence-electron chi connectivity index (χ3n) is 2.40. The Hall–Kier alpha value is -1.79. The number of rotatable bonds is 4. The van der Waals surface area contributed by atoms with Crippen LogP contribution in [0, 0.1) is 12.7 Å². The van der Waals surface area contributed by atoms with E-state index in [1.807, 2.05) is 0 Å². The Morgan fingerprint density at radius 3 is 2.74 bits per heavy atom. The molecule has 1 aromatic heterocycles. The number of nitrogens with one attached hydrogen (secondary N) is 1. The molecular weight excluding hydrogens is 267 g/mol. The second-order valence-corrected chi connectivity index (χ2v) is 4.80. The second-order valence-electron chi connectivity index (χ2n) is 3.80. The Kier molecular flexibility index (Phi) is 4.24. The van der Waals surface area contributed by atoms with Gasteiger partial charge in [-0.15, -0.1) is 11.3 Å². The minimum Gasteiger partial charge on any atom is -0.274 e. The summed E-state index contributed by atoms with van der Waals surface area (Å²) in [5, 5.41) is 0.680. The van der Waals surface area contributed by atoms with Gasteiger partial charge >= 0.3 is 0 Å². The van der Waals surface area contributed by atoms with Gasteiger partial charge in [0, 0.05) is 5.56 Å². The van der Waals surface area contributed by atoms with Crippen molar-refractivity contribution in [1.82, 2.24) is 10.5 Å². The molecule has 0 atom stereocenters. The van der Waals surface area contributed by atoms with Gasteiger partial charge in [-0.2, -0.15) is 0 Å². The average Bonchev–Trinajstić information content (AvgIpc) is 2.79. The highest BCUT2D eigenvalue weighted by Crippen LogP contribution is 2.27. The van der Waals surface area contributed by atoms with Crippen molar-refractivity contribution in [3.05, 3.63) is 40.7 Å². The minimum atomic E-state index is -0.315. The summed E-state index contributed by atoms with van der Waals surface area (Å²) in [7, 11) is 0. The number of aryl methyl sites for hydroxylation is 1. The van der Waals surface area contributed by atoms with Gasteiger partial charge in [0.1, 0.15) is 15.7 Å². The van der Waals surface area contributed by atoms with Crippen LogP contribution in [0.3, 0.4) is 0 Å². The molecule has 0 saturated carbocycles. The number of hydrogen-bond acceptors (Lipinski definition) is 4. The van der Waals surface area contributed by atoms with E-state index in [2.05, 4.69) is 10.5 Å². The van der Waals surface area contributed by atoms with E-state index in [9.17, 15) is 9.18 Å². The highest BCUT2D eigenvalue weighted by Gasteiger charge is 2.16. The number of nitrogens with zero attached hydrogens (tertiary/aromatic N) is 1. The van der Waals surface area contributed by atoms with E-state index in [1.165, 1.54) is 23.5 Å². The van der Waals surface area contributed by atoms with Crippen LogP contribution < -0.4 is 5.48 Å². The first-order valence-electron chi connectivity index (χ1n) is 5.77. The lowest BCUT2D eigenvalue weighted by atomic mass is 10.2. The maximum Gasteiger partial charge on any atom is 0.286 e. The largest absolute Gasteiger partial charge is 0.286 e. The first kappa shape index (κ1) is 13.6. The van der Waals surface area contributed by atoms with Crippen molar-refractivity contribution in [2.75, 3.05) is 6.61 Å². The van der Waals surface area contributed by atoms with Crippen molar-refractivity contribution >= 4 is 17.2 Å². The molecule has 0 aliphatic carbocycles. The Balaban J connectivity index is 2.25. The first-order valence-corrected chi connectivity index (χ1v) is 6.59. The zero-order valence-corrected chi connectivity index (χ0v) is 11.4. The fraction of sp³-hybridized carbons (Fsp3) is 0.231. The SMILES string of the molecule is CCONC(=O)c1sc(-c2ccc(F)cc2)nc1C. The molecule has 100 valence electrons. The third kappa shape index (κ3) is 3.15. The summed E-state index contributed by atoms with van der Waals surface area (Å²) in [6.07, 6.45) is 0. The maximum absolute atomic E-state index is 12.9. The highest BCUT2D eigenvalue weighted by atomic mass is 32.1. The second kappa shape index (κ2) is 5.90. The van der Waals surface area contributed by atoms with Gasteiger partial charge in [-0.3, -0.25) is 9.63 Å². The monoisotopic (exact) mass is 280 g/mol. The molecule has 6 heteroatoms. The summed E-state index contributed by atoms with van der Waals surface area (Å²) >= 11 is 1.25. The zero-order valence-electron chi connectivity index (χ0n) is 10.6. The smallest absolute Gasteiger partial charge is 0.274 e. The number of carbonyl (C=O) groups is 1. The molecule has 1 heterocycles. The lowest BCUT2D eigenvalue weighted by molar-refractivity contribution is 0.0367. The highest BCUT2D eigenvalue weighted by molar-refractivity contribution is 7.17. The van der Waals surface area contributed by atoms with Crippen LogP contribution in [0.5, 0.6) is 0 Å². The molecule has 19 heavy (non-hydrogen) atoms. The minimum absolute atomic E-state index is 0.300. The Bertz CT molecular complexity index is 581. The van der Waals surface area contributed by atoms with E-state index >= 15 is 0 Å². The fourth-order valence-corrected chi connectivity index (χ4v) is 2.46. The van der Waals surface area contributed by atoms with Crippen LogP contribution >= 0.6 is 11.3 Å². The summed E-state index contributed by atoms with van der Waals surface area (Å²) in [4.78, 5) is 21.5. The average molecular weight is 280 g/mol. The molecular formula is C13H13FN2O2S. The number of amides is 1. The van der Waals surface area contributed by atoms with Gasteiger partial charge in [-0.05, 0) is 38.1 Å². The van der Waals surface area contributed by atoms with E-state index in [0.29, 0.717) is 22.2 Å². The van der Waals surface area contributed by atoms with E-state index in [1.54, 1.807) is 26.0 Å². The van der Waals surface area contributed by atoms with E-state index in [0.717, 1.165) is 5.56 Å². The molecule has 0 saturated heterocycles. The maximum atomic E-state index is 12.9. The van der Waals surface area contributed by atoms with E-state index in [-0.39, 0.29) is 11.7 Å². The molecule has 1 N–H and O–H groups in total. The Labute approximate surface area is 114 Å². The molecule has 1 aromatic carbocycles. The van der Waals surface area contributed by atoms with Gasteiger partial charge in [0.25, 0.3) is 5.91 Å². The van der Waals surface area contributed by atoms with Gasteiger partial charge < -0.3 is 0 Å². The number of hydrogen-bond donors (Lipinski definition) is 1. The Morgan fingerprint density at radius 2 is 2.11 bits per heavy atom. The number of halogens is 1. The third-order valence-corrected chi connectivity index (χ3v) is 3.61. The van der Waals surface area contributed by atoms with E-state index in [4.69, 9.17) is 4.84 Å². The number of thiazole rings is 1. The van der Waals surface area contributed by atoms with Gasteiger partial charge in [-0.25, -0.2) is 14.9 Å². The lowest BCUT2D eigenvalue weighted by Gasteiger charge is -2.00. The van der Waals surface area contributed by atoms with Crippen molar-refractivity contribution < 1.29 is 14.0 Å². The van der Waals surface area contributed by atoms with Crippen LogP contribution in [0.2, 0.25) is 0 Å². The molecule has 0 aliphatic rings. The van der Waals surface area contributed by atoms with E-state index < -0.39 is 0 Å².